The summed E-state index contributed by atoms with van der Waals surface area (Å²) in [5.41, 5.74) is 3.63. The summed E-state index contributed by atoms with van der Waals surface area (Å²) < 4.78 is 5.77. The average Bonchev–Trinajstić information content (AvgIpc) is 2.89. The monoisotopic (exact) mass is 261 g/mol. The Hall–Kier alpha value is -1.81. The molecule has 4 heteroatoms. The maximum Gasteiger partial charge on any atom is 0.128 e. The van der Waals surface area contributed by atoms with Gasteiger partial charge in [-0.05, 0) is 48.4 Å². The highest BCUT2D eigenvalue weighted by Crippen LogP contribution is 2.22. The molecule has 0 atom stereocenters. The molecule has 1 heterocycles. The molecule has 1 N–H and O–H groups in total. The van der Waals surface area contributed by atoms with Crippen molar-refractivity contribution in [3.05, 3.63) is 51.7 Å². The lowest BCUT2D eigenvalue weighted by Gasteiger charge is -2.11. The molecule has 0 radical (unpaired) electrons. The second kappa shape index (κ2) is 5.69. The van der Waals surface area contributed by atoms with Crippen LogP contribution in [0.5, 0.6) is 5.75 Å². The zero-order valence-corrected chi connectivity index (χ0v) is 11.2. The number of oxime groups is 1. The van der Waals surface area contributed by atoms with Gasteiger partial charge in [-0.2, -0.15) is 11.3 Å². The topological polar surface area (TPSA) is 41.8 Å². The number of benzene rings is 1. The lowest BCUT2D eigenvalue weighted by atomic mass is 10.1. The van der Waals surface area contributed by atoms with Crippen molar-refractivity contribution >= 4 is 17.0 Å². The van der Waals surface area contributed by atoms with Gasteiger partial charge < -0.3 is 9.94 Å². The van der Waals surface area contributed by atoms with Gasteiger partial charge in [-0.1, -0.05) is 16.8 Å². The molecular formula is C14H15NO2S. The molecule has 0 fully saturated rings. The second-order valence-corrected chi connectivity index (χ2v) is 4.89. The van der Waals surface area contributed by atoms with Crippen molar-refractivity contribution in [2.24, 2.45) is 5.16 Å². The minimum absolute atomic E-state index is 0.526. The summed E-state index contributed by atoms with van der Waals surface area (Å²) in [7, 11) is 0. The summed E-state index contributed by atoms with van der Waals surface area (Å²) in [5, 5.41) is 16.2. The summed E-state index contributed by atoms with van der Waals surface area (Å²) in [5.74, 6) is 0.738. The summed E-state index contributed by atoms with van der Waals surface area (Å²) in [4.78, 5) is 0. The normalized spacial score (nSPS) is 11.6. The quantitative estimate of drug-likeness (QED) is 0.516. The molecule has 1 aromatic carbocycles. The Morgan fingerprint density at radius 1 is 1.39 bits per heavy atom. The third-order valence-electron chi connectivity index (χ3n) is 2.65. The van der Waals surface area contributed by atoms with E-state index in [1.54, 1.807) is 18.3 Å². The summed E-state index contributed by atoms with van der Waals surface area (Å²) in [6.45, 7) is 4.28. The van der Waals surface area contributed by atoms with Gasteiger partial charge in [-0.25, -0.2) is 0 Å². The first-order chi connectivity index (χ1) is 8.70. The Morgan fingerprint density at radius 3 is 2.89 bits per heavy atom. The molecule has 0 saturated heterocycles. The molecule has 94 valence electrons. The molecule has 1 aromatic heterocycles. The van der Waals surface area contributed by atoms with Gasteiger partial charge >= 0.3 is 0 Å². The Morgan fingerprint density at radius 2 is 2.22 bits per heavy atom. The van der Waals surface area contributed by atoms with Gasteiger partial charge in [-0.15, -0.1) is 0 Å². The van der Waals surface area contributed by atoms with Crippen molar-refractivity contribution in [3.63, 3.8) is 0 Å². The van der Waals surface area contributed by atoms with E-state index in [9.17, 15) is 0 Å². The third-order valence-corrected chi connectivity index (χ3v) is 3.38. The SMILES string of the molecule is C/C(=N\O)c1cc(C)ccc1OCc1ccsc1. The first-order valence-electron chi connectivity index (χ1n) is 5.64. The number of hydrogen-bond donors (Lipinski definition) is 1. The minimum atomic E-state index is 0.526. The van der Waals surface area contributed by atoms with E-state index in [1.165, 1.54) is 0 Å². The van der Waals surface area contributed by atoms with E-state index < -0.39 is 0 Å². The minimum Gasteiger partial charge on any atom is -0.488 e. The van der Waals surface area contributed by atoms with Crippen LogP contribution in [-0.2, 0) is 6.61 Å². The van der Waals surface area contributed by atoms with Crippen molar-refractivity contribution in [3.8, 4) is 5.75 Å². The van der Waals surface area contributed by atoms with Crippen molar-refractivity contribution in [2.45, 2.75) is 20.5 Å². The molecular weight excluding hydrogens is 246 g/mol. The summed E-state index contributed by atoms with van der Waals surface area (Å²) in [6.07, 6.45) is 0. The van der Waals surface area contributed by atoms with Crippen LogP contribution in [0.4, 0.5) is 0 Å². The highest BCUT2D eigenvalue weighted by Gasteiger charge is 2.08. The van der Waals surface area contributed by atoms with Gasteiger partial charge in [0.1, 0.15) is 12.4 Å². The fourth-order valence-corrected chi connectivity index (χ4v) is 2.30. The smallest absolute Gasteiger partial charge is 0.128 e. The number of thiophene rings is 1. The van der Waals surface area contributed by atoms with E-state index in [4.69, 9.17) is 9.94 Å². The molecule has 18 heavy (non-hydrogen) atoms. The highest BCUT2D eigenvalue weighted by atomic mass is 32.1. The van der Waals surface area contributed by atoms with Crippen LogP contribution in [0.2, 0.25) is 0 Å². The Kier molecular flexibility index (Phi) is 3.99. The maximum absolute atomic E-state index is 8.89. The highest BCUT2D eigenvalue weighted by molar-refractivity contribution is 7.07. The van der Waals surface area contributed by atoms with Gasteiger partial charge in [-0.3, -0.25) is 0 Å². The van der Waals surface area contributed by atoms with Crippen LogP contribution in [0.25, 0.3) is 0 Å². The van der Waals surface area contributed by atoms with E-state index >= 15 is 0 Å². The van der Waals surface area contributed by atoms with Gasteiger partial charge in [0.2, 0.25) is 0 Å². The van der Waals surface area contributed by atoms with Crippen LogP contribution >= 0.6 is 11.3 Å². The van der Waals surface area contributed by atoms with Crippen LogP contribution in [0.3, 0.4) is 0 Å². The van der Waals surface area contributed by atoms with E-state index in [0.29, 0.717) is 12.3 Å². The molecule has 0 amide bonds. The molecule has 0 saturated carbocycles. The molecule has 0 aliphatic heterocycles. The van der Waals surface area contributed by atoms with Gasteiger partial charge in [0.25, 0.3) is 0 Å². The van der Waals surface area contributed by atoms with E-state index in [2.05, 4.69) is 10.5 Å². The molecule has 2 aromatic rings. The fourth-order valence-electron chi connectivity index (χ4n) is 1.64. The van der Waals surface area contributed by atoms with Crippen molar-refractivity contribution in [1.29, 1.82) is 0 Å². The zero-order chi connectivity index (χ0) is 13.0. The fraction of sp³-hybridized carbons (Fsp3) is 0.214. The number of rotatable bonds is 4. The first-order valence-corrected chi connectivity index (χ1v) is 6.58. The number of aryl methyl sites for hydroxylation is 1. The van der Waals surface area contributed by atoms with Crippen molar-refractivity contribution < 1.29 is 9.94 Å². The Balaban J connectivity index is 2.21. The number of nitrogens with zero attached hydrogens (tertiary/aromatic N) is 1. The lowest BCUT2D eigenvalue weighted by Crippen LogP contribution is -2.02. The molecule has 0 aliphatic rings. The van der Waals surface area contributed by atoms with E-state index in [-0.39, 0.29) is 0 Å². The molecule has 0 bridgehead atoms. The number of ether oxygens (including phenoxy) is 1. The van der Waals surface area contributed by atoms with Crippen LogP contribution in [0.1, 0.15) is 23.6 Å². The van der Waals surface area contributed by atoms with Gasteiger partial charge in [0, 0.05) is 5.56 Å². The second-order valence-electron chi connectivity index (χ2n) is 4.11. The summed E-state index contributed by atoms with van der Waals surface area (Å²) in [6, 6.07) is 7.88. The first kappa shape index (κ1) is 12.6. The molecule has 3 nitrogen and oxygen atoms in total. The van der Waals surface area contributed by atoms with E-state index in [1.807, 2.05) is 36.6 Å². The Bertz CT molecular complexity index is 547. The Labute approximate surface area is 110 Å². The van der Waals surface area contributed by atoms with Crippen LogP contribution in [0, 0.1) is 6.92 Å². The van der Waals surface area contributed by atoms with Crippen LogP contribution in [0.15, 0.2) is 40.2 Å². The van der Waals surface area contributed by atoms with Crippen molar-refractivity contribution in [2.75, 3.05) is 0 Å². The predicted molar refractivity (Wildman–Crippen MR) is 73.8 cm³/mol. The zero-order valence-electron chi connectivity index (χ0n) is 10.4. The van der Waals surface area contributed by atoms with E-state index in [0.717, 1.165) is 22.4 Å². The van der Waals surface area contributed by atoms with Crippen LogP contribution < -0.4 is 4.74 Å². The molecule has 0 spiro atoms. The van der Waals surface area contributed by atoms with Crippen LogP contribution in [-0.4, -0.2) is 10.9 Å². The standard InChI is InChI=1S/C14H15NO2S/c1-10-3-4-14(13(7-10)11(2)15-16)17-8-12-5-6-18-9-12/h3-7,9,16H,8H2,1-2H3/b15-11+. The average molecular weight is 261 g/mol. The van der Waals surface area contributed by atoms with Gasteiger partial charge in [0.05, 0.1) is 5.71 Å². The largest absolute Gasteiger partial charge is 0.488 e. The predicted octanol–water partition coefficient (Wildman–Crippen LogP) is 3.83. The molecule has 0 unspecified atom stereocenters. The van der Waals surface area contributed by atoms with Crippen molar-refractivity contribution in [1.82, 2.24) is 0 Å². The molecule has 0 aliphatic carbocycles. The maximum atomic E-state index is 8.89. The molecule has 2 rings (SSSR count). The summed E-state index contributed by atoms with van der Waals surface area (Å²) >= 11 is 1.65. The third kappa shape index (κ3) is 2.90. The lowest BCUT2D eigenvalue weighted by molar-refractivity contribution is 0.303. The van der Waals surface area contributed by atoms with Gasteiger partial charge in [0.15, 0.2) is 0 Å². The number of hydrogen-bond acceptors (Lipinski definition) is 4.